The molecule has 0 aliphatic carbocycles. The highest BCUT2D eigenvalue weighted by atomic mass is 32.2. The normalized spacial score (nSPS) is 16.9. The lowest BCUT2D eigenvalue weighted by molar-refractivity contribution is -0.136. The van der Waals surface area contributed by atoms with Gasteiger partial charge in [0.1, 0.15) is 16.8 Å². The van der Waals surface area contributed by atoms with Crippen LogP contribution in [0, 0.1) is 5.82 Å². The molecule has 0 saturated carbocycles. The van der Waals surface area contributed by atoms with Crippen molar-refractivity contribution in [2.45, 2.75) is 18.0 Å². The lowest BCUT2D eigenvalue weighted by Crippen LogP contribution is -2.50. The van der Waals surface area contributed by atoms with Crippen LogP contribution in [0.2, 0.25) is 0 Å². The monoisotopic (exact) mass is 465 g/mol. The highest BCUT2D eigenvalue weighted by Crippen LogP contribution is 2.36. The first kappa shape index (κ1) is 21.9. The molecular weight excluding hydrogens is 450 g/mol. The molecule has 6 nitrogen and oxygen atoms in total. The highest BCUT2D eigenvalue weighted by molar-refractivity contribution is 7.99. The maximum atomic E-state index is 13.7. The predicted molar refractivity (Wildman–Crippen MR) is 110 cm³/mol. The molecule has 2 N–H and O–H groups in total. The number of benzene rings is 2. The van der Waals surface area contributed by atoms with Gasteiger partial charge in [-0.05, 0) is 29.8 Å². The first-order valence-corrected chi connectivity index (χ1v) is 10.4. The number of nitrogens with zero attached hydrogens (tertiary/aromatic N) is 1. The van der Waals surface area contributed by atoms with Crippen LogP contribution in [0.25, 0.3) is 10.9 Å². The molecule has 1 aliphatic rings. The zero-order valence-corrected chi connectivity index (χ0v) is 17.0. The summed E-state index contributed by atoms with van der Waals surface area (Å²) in [6, 6.07) is 8.62. The van der Waals surface area contributed by atoms with Crippen molar-refractivity contribution in [2.75, 3.05) is 5.75 Å². The number of carbonyl (C=O) groups excluding carboxylic acids is 2. The van der Waals surface area contributed by atoms with Crippen LogP contribution in [-0.4, -0.2) is 27.6 Å². The van der Waals surface area contributed by atoms with Gasteiger partial charge in [-0.15, -0.1) is 11.8 Å². The number of para-hydroxylation sites is 1. The van der Waals surface area contributed by atoms with Gasteiger partial charge in [0.05, 0.1) is 11.1 Å². The van der Waals surface area contributed by atoms with E-state index in [-0.39, 0.29) is 11.8 Å². The minimum absolute atomic E-state index is 0.111. The Balaban J connectivity index is 1.69. The second kappa shape index (κ2) is 8.30. The third-order valence-corrected chi connectivity index (χ3v) is 6.15. The Labute approximate surface area is 182 Å². The quantitative estimate of drug-likeness (QED) is 0.573. The smallest absolute Gasteiger partial charge is 0.360 e. The first-order chi connectivity index (χ1) is 15.2. The molecule has 2 amide bonds. The molecule has 3 aromatic rings. The summed E-state index contributed by atoms with van der Waals surface area (Å²) in [7, 11) is 0. The fourth-order valence-corrected chi connectivity index (χ4v) is 4.61. The third kappa shape index (κ3) is 4.07. The van der Waals surface area contributed by atoms with Gasteiger partial charge in [0.2, 0.25) is 11.3 Å². The van der Waals surface area contributed by atoms with E-state index in [0.29, 0.717) is 11.3 Å². The lowest BCUT2D eigenvalue weighted by Gasteiger charge is -2.35. The molecule has 32 heavy (non-hydrogen) atoms. The van der Waals surface area contributed by atoms with Crippen LogP contribution in [-0.2, 0) is 11.0 Å². The molecule has 2 heterocycles. The van der Waals surface area contributed by atoms with Crippen LogP contribution in [0.1, 0.15) is 33.3 Å². The largest absolute Gasteiger partial charge is 0.418 e. The number of alkyl halides is 3. The lowest BCUT2D eigenvalue weighted by atomic mass is 10.1. The molecular formula is C21H15F4N3O3S. The zero-order valence-electron chi connectivity index (χ0n) is 16.2. The number of hydrogen-bond acceptors (Lipinski definition) is 4. The number of pyridine rings is 1. The minimum Gasteiger partial charge on any atom is -0.360 e. The molecule has 166 valence electrons. The van der Waals surface area contributed by atoms with E-state index < -0.39 is 51.3 Å². The van der Waals surface area contributed by atoms with Crippen LogP contribution in [0.15, 0.2) is 53.5 Å². The third-order valence-electron chi connectivity index (χ3n) is 4.92. The Bertz CT molecular complexity index is 1280. The average molecular weight is 465 g/mol. The van der Waals surface area contributed by atoms with Crippen molar-refractivity contribution in [3.63, 3.8) is 0 Å². The summed E-state index contributed by atoms with van der Waals surface area (Å²) in [6.45, 7) is 0. The van der Waals surface area contributed by atoms with Gasteiger partial charge < -0.3 is 4.98 Å². The highest BCUT2D eigenvalue weighted by Gasteiger charge is 2.34. The van der Waals surface area contributed by atoms with Gasteiger partial charge in [0.25, 0.3) is 5.91 Å². The summed E-state index contributed by atoms with van der Waals surface area (Å²) in [5, 5.41) is -0.0260. The van der Waals surface area contributed by atoms with E-state index in [0.717, 1.165) is 23.3 Å². The molecule has 1 saturated heterocycles. The van der Waals surface area contributed by atoms with Gasteiger partial charge in [-0.1, -0.05) is 18.2 Å². The van der Waals surface area contributed by atoms with Gasteiger partial charge in [-0.3, -0.25) is 19.8 Å². The van der Waals surface area contributed by atoms with E-state index in [1.807, 2.05) is 0 Å². The molecule has 1 aromatic heterocycles. The molecule has 0 bridgehead atoms. The Kier molecular flexibility index (Phi) is 5.68. The number of aromatic amines is 1. The summed E-state index contributed by atoms with van der Waals surface area (Å²) >= 11 is 1.30. The van der Waals surface area contributed by atoms with Crippen LogP contribution in [0.3, 0.4) is 0 Å². The van der Waals surface area contributed by atoms with E-state index in [1.165, 1.54) is 36.0 Å². The molecule has 4 rings (SSSR count). The molecule has 0 radical (unpaired) electrons. The maximum absolute atomic E-state index is 13.7. The first-order valence-electron chi connectivity index (χ1n) is 9.38. The van der Waals surface area contributed by atoms with E-state index in [2.05, 4.69) is 10.4 Å². The van der Waals surface area contributed by atoms with Gasteiger partial charge >= 0.3 is 6.18 Å². The summed E-state index contributed by atoms with van der Waals surface area (Å²) in [6.07, 6.45) is -3.70. The number of halogens is 4. The van der Waals surface area contributed by atoms with Gasteiger partial charge in [-0.25, -0.2) is 9.40 Å². The maximum Gasteiger partial charge on any atom is 0.418 e. The van der Waals surface area contributed by atoms with Crippen molar-refractivity contribution in [1.29, 1.82) is 0 Å². The Morgan fingerprint density at radius 2 is 1.91 bits per heavy atom. The van der Waals surface area contributed by atoms with Crippen molar-refractivity contribution < 1.29 is 27.2 Å². The number of fused-ring (bicyclic) bond motifs is 1. The number of aromatic nitrogens is 1. The Hall–Kier alpha value is -3.34. The van der Waals surface area contributed by atoms with Crippen molar-refractivity contribution >= 4 is 34.5 Å². The van der Waals surface area contributed by atoms with E-state index in [4.69, 9.17) is 0 Å². The molecule has 1 atom stereocenters. The van der Waals surface area contributed by atoms with Crippen LogP contribution < -0.4 is 10.9 Å². The van der Waals surface area contributed by atoms with Crippen molar-refractivity contribution in [1.82, 2.24) is 15.4 Å². The summed E-state index contributed by atoms with van der Waals surface area (Å²) in [5.74, 6) is -1.48. The molecule has 0 spiro atoms. The van der Waals surface area contributed by atoms with Crippen LogP contribution in [0.5, 0.6) is 0 Å². The number of rotatable bonds is 3. The predicted octanol–water partition coefficient (Wildman–Crippen LogP) is 4.00. The van der Waals surface area contributed by atoms with Crippen molar-refractivity contribution in [3.8, 4) is 0 Å². The number of amides is 2. The van der Waals surface area contributed by atoms with Gasteiger partial charge in [0.15, 0.2) is 0 Å². The number of H-pyrrole nitrogens is 1. The van der Waals surface area contributed by atoms with Crippen LogP contribution in [0.4, 0.5) is 17.6 Å². The number of carbonyl (C=O) groups is 2. The molecule has 2 aromatic carbocycles. The molecule has 11 heteroatoms. The second-order valence-corrected chi connectivity index (χ2v) is 8.18. The minimum atomic E-state index is -4.69. The number of nitrogens with one attached hydrogen (secondary N) is 2. The SMILES string of the molecule is O=C(NN1C(=O)CCSC1c1cccc(F)c1)c1c[nH]c2c(C(F)(F)F)cccc2c1=O. The van der Waals surface area contributed by atoms with E-state index >= 15 is 0 Å². The average Bonchev–Trinajstić information content (AvgIpc) is 2.74. The fraction of sp³-hybridized carbons (Fsp3) is 0.190. The fourth-order valence-electron chi connectivity index (χ4n) is 3.44. The molecule has 1 unspecified atom stereocenters. The number of thioether (sulfide) groups is 1. The second-order valence-electron chi connectivity index (χ2n) is 6.99. The topological polar surface area (TPSA) is 82.3 Å². The van der Waals surface area contributed by atoms with Crippen LogP contribution >= 0.6 is 11.8 Å². The Morgan fingerprint density at radius 3 is 2.62 bits per heavy atom. The molecule has 1 aliphatic heterocycles. The Morgan fingerprint density at radius 1 is 1.16 bits per heavy atom. The van der Waals surface area contributed by atoms with Crippen molar-refractivity contribution in [2.24, 2.45) is 0 Å². The standard InChI is InChI=1S/C21H15F4N3O3S/c22-12-4-1-3-11(9-12)20-28(16(29)7-8-32-20)27-19(31)14-10-26-17-13(18(14)30)5-2-6-15(17)21(23,24)25/h1-6,9-10,20H,7-8H2,(H,26,30)(H,27,31). The summed E-state index contributed by atoms with van der Waals surface area (Å²) < 4.78 is 53.3. The van der Waals surface area contributed by atoms with Gasteiger partial charge in [0, 0.05) is 23.8 Å². The van der Waals surface area contributed by atoms with Gasteiger partial charge in [-0.2, -0.15) is 13.2 Å². The summed E-state index contributed by atoms with van der Waals surface area (Å²) in [4.78, 5) is 40.4. The molecule has 1 fully saturated rings. The van der Waals surface area contributed by atoms with E-state index in [1.54, 1.807) is 6.07 Å². The number of hydrogen-bond donors (Lipinski definition) is 2. The number of hydrazine groups is 1. The summed E-state index contributed by atoms with van der Waals surface area (Å²) in [5.41, 5.74) is -0.0520. The van der Waals surface area contributed by atoms with Crippen molar-refractivity contribution in [3.05, 3.63) is 81.4 Å². The van der Waals surface area contributed by atoms with E-state index in [9.17, 15) is 31.9 Å². The zero-order chi connectivity index (χ0) is 23.0.